The maximum atomic E-state index is 12.6. The Morgan fingerprint density at radius 2 is 1.34 bits per heavy atom. The Hall–Kier alpha value is -3.14. The van der Waals surface area contributed by atoms with Crippen molar-refractivity contribution in [2.75, 3.05) is 0 Å². The Labute approximate surface area is 224 Å². The molecular weight excluding hydrogens is 494 g/mol. The summed E-state index contributed by atoms with van der Waals surface area (Å²) in [6, 6.07) is 3.58. The van der Waals surface area contributed by atoms with Gasteiger partial charge in [0.2, 0.25) is 0 Å². The Morgan fingerprint density at radius 3 is 1.92 bits per heavy atom. The maximum Gasteiger partial charge on any atom is 0.508 e. The second-order valence-electron chi connectivity index (χ2n) is 10.3. The van der Waals surface area contributed by atoms with Crippen LogP contribution in [0.3, 0.4) is 0 Å². The minimum Gasteiger partial charge on any atom is -0.458 e. The number of hydrogen-bond acceptors (Lipinski definition) is 10. The van der Waals surface area contributed by atoms with E-state index in [1.54, 1.807) is 47.6 Å². The Bertz CT molecular complexity index is 969. The van der Waals surface area contributed by atoms with Gasteiger partial charge in [-0.25, -0.2) is 4.79 Å². The van der Waals surface area contributed by atoms with Gasteiger partial charge in [-0.2, -0.15) is 0 Å². The minimum absolute atomic E-state index is 0.0580. The van der Waals surface area contributed by atoms with E-state index in [2.05, 4.69) is 0 Å². The molecule has 0 heterocycles. The Balaban J connectivity index is 1.98. The van der Waals surface area contributed by atoms with E-state index in [-0.39, 0.29) is 29.9 Å². The second kappa shape index (κ2) is 14.7. The molecule has 0 bridgehead atoms. The molecule has 1 aliphatic carbocycles. The van der Waals surface area contributed by atoms with Gasteiger partial charge in [-0.3, -0.25) is 14.4 Å². The third-order valence-corrected chi connectivity index (χ3v) is 6.19. The van der Waals surface area contributed by atoms with Crippen LogP contribution in [0.1, 0.15) is 79.2 Å². The summed E-state index contributed by atoms with van der Waals surface area (Å²) in [4.78, 5) is 49.0. The molecule has 0 spiro atoms. The standard InChI is InChI=1S/C28H41NO9/c1-16(2)25(30)37-23-13-12-20(15-24(23)38-26(31)17(3)4)14-22(29)27(32)34-18(5)19(6)35-28(33)36-21-10-8-7-9-11-21/h12-13,15-19,21-22H,7-11,14,29H2,1-6H3/t18-,19-,22-/m0/s1. The first-order chi connectivity index (χ1) is 17.9. The molecule has 10 nitrogen and oxygen atoms in total. The van der Waals surface area contributed by atoms with E-state index in [9.17, 15) is 19.2 Å². The van der Waals surface area contributed by atoms with Gasteiger partial charge < -0.3 is 29.4 Å². The summed E-state index contributed by atoms with van der Waals surface area (Å²) in [6.45, 7) is 9.95. The van der Waals surface area contributed by atoms with Crippen molar-refractivity contribution in [1.82, 2.24) is 0 Å². The van der Waals surface area contributed by atoms with E-state index in [0.29, 0.717) is 5.56 Å². The minimum atomic E-state index is -1.04. The van der Waals surface area contributed by atoms with Crippen molar-refractivity contribution >= 4 is 24.1 Å². The van der Waals surface area contributed by atoms with E-state index in [0.717, 1.165) is 32.1 Å². The molecule has 1 fully saturated rings. The average molecular weight is 536 g/mol. The molecule has 0 radical (unpaired) electrons. The van der Waals surface area contributed by atoms with Crippen molar-refractivity contribution < 1.29 is 42.9 Å². The van der Waals surface area contributed by atoms with Crippen LogP contribution in [0.15, 0.2) is 18.2 Å². The third-order valence-electron chi connectivity index (χ3n) is 6.19. The fraction of sp³-hybridized carbons (Fsp3) is 0.643. The first-order valence-corrected chi connectivity index (χ1v) is 13.3. The lowest BCUT2D eigenvalue weighted by atomic mass is 9.98. The molecule has 1 saturated carbocycles. The van der Waals surface area contributed by atoms with Crippen LogP contribution >= 0.6 is 0 Å². The van der Waals surface area contributed by atoms with Crippen molar-refractivity contribution in [2.45, 2.75) is 104 Å². The summed E-state index contributed by atoms with van der Waals surface area (Å²) >= 11 is 0. The van der Waals surface area contributed by atoms with Crippen LogP contribution < -0.4 is 15.2 Å². The summed E-state index contributed by atoms with van der Waals surface area (Å²) in [5, 5.41) is 0. The molecule has 0 amide bonds. The number of benzene rings is 1. The maximum absolute atomic E-state index is 12.6. The van der Waals surface area contributed by atoms with Crippen LogP contribution in [0, 0.1) is 11.8 Å². The Kier molecular flexibility index (Phi) is 12.0. The lowest BCUT2D eigenvalue weighted by molar-refractivity contribution is -0.156. The lowest BCUT2D eigenvalue weighted by Crippen LogP contribution is -2.39. The predicted molar refractivity (Wildman–Crippen MR) is 139 cm³/mol. The van der Waals surface area contributed by atoms with Crippen molar-refractivity contribution in [3.05, 3.63) is 23.8 Å². The summed E-state index contributed by atoms with van der Waals surface area (Å²) in [6.07, 6.45) is 2.48. The molecule has 2 rings (SSSR count). The molecule has 3 atom stereocenters. The molecule has 212 valence electrons. The highest BCUT2D eigenvalue weighted by atomic mass is 16.7. The number of esters is 3. The van der Waals surface area contributed by atoms with Crippen LogP contribution in [0.4, 0.5) is 4.79 Å². The van der Waals surface area contributed by atoms with Gasteiger partial charge in [0.15, 0.2) is 11.5 Å². The van der Waals surface area contributed by atoms with Gasteiger partial charge in [0.05, 0.1) is 11.8 Å². The molecule has 1 aliphatic rings. The smallest absolute Gasteiger partial charge is 0.458 e. The largest absolute Gasteiger partial charge is 0.508 e. The summed E-state index contributed by atoms with van der Waals surface area (Å²) < 4.78 is 26.8. The summed E-state index contributed by atoms with van der Waals surface area (Å²) in [5.41, 5.74) is 6.65. The number of carbonyl (C=O) groups is 4. The summed E-state index contributed by atoms with van der Waals surface area (Å²) in [7, 11) is 0. The van der Waals surface area contributed by atoms with Crippen LogP contribution in [-0.2, 0) is 35.0 Å². The normalized spacial score (nSPS) is 16.3. The van der Waals surface area contributed by atoms with Crippen molar-refractivity contribution in [3.63, 3.8) is 0 Å². The molecule has 0 aromatic heterocycles. The highest BCUT2D eigenvalue weighted by molar-refractivity contribution is 5.78. The molecule has 2 N–H and O–H groups in total. The third kappa shape index (κ3) is 9.96. The van der Waals surface area contributed by atoms with E-state index in [4.69, 9.17) is 29.4 Å². The molecular formula is C28H41NO9. The molecule has 38 heavy (non-hydrogen) atoms. The van der Waals surface area contributed by atoms with Gasteiger partial charge in [-0.05, 0) is 63.6 Å². The van der Waals surface area contributed by atoms with Crippen LogP contribution in [0.25, 0.3) is 0 Å². The highest BCUT2D eigenvalue weighted by Crippen LogP contribution is 2.30. The average Bonchev–Trinajstić information content (AvgIpc) is 2.85. The quantitative estimate of drug-likeness (QED) is 0.318. The zero-order valence-corrected chi connectivity index (χ0v) is 23.2. The van der Waals surface area contributed by atoms with Crippen molar-refractivity contribution in [1.29, 1.82) is 0 Å². The Morgan fingerprint density at radius 1 is 0.789 bits per heavy atom. The van der Waals surface area contributed by atoms with Gasteiger partial charge in [-0.15, -0.1) is 0 Å². The fourth-order valence-electron chi connectivity index (χ4n) is 3.59. The topological polar surface area (TPSA) is 140 Å². The highest BCUT2D eigenvalue weighted by Gasteiger charge is 2.27. The molecule has 10 heteroatoms. The van der Waals surface area contributed by atoms with E-state index in [1.807, 2.05) is 0 Å². The van der Waals surface area contributed by atoms with Crippen molar-refractivity contribution in [3.8, 4) is 11.5 Å². The molecule has 0 unspecified atom stereocenters. The predicted octanol–water partition coefficient (Wildman–Crippen LogP) is 4.49. The van der Waals surface area contributed by atoms with Gasteiger partial charge >= 0.3 is 24.1 Å². The summed E-state index contributed by atoms with van der Waals surface area (Å²) in [5.74, 6) is -2.31. The molecule has 0 aliphatic heterocycles. The number of ether oxygens (including phenoxy) is 5. The fourth-order valence-corrected chi connectivity index (χ4v) is 3.59. The van der Waals surface area contributed by atoms with Gasteiger partial charge in [0, 0.05) is 0 Å². The van der Waals surface area contributed by atoms with Gasteiger partial charge in [-0.1, -0.05) is 40.2 Å². The zero-order chi connectivity index (χ0) is 28.4. The molecule has 0 saturated heterocycles. The monoisotopic (exact) mass is 535 g/mol. The SMILES string of the molecule is CC(C)C(=O)Oc1ccc(C[C@H](N)C(=O)O[C@@H](C)[C@H](C)OC(=O)OC2CCCCC2)cc1OC(=O)C(C)C. The number of rotatable bonds is 11. The lowest BCUT2D eigenvalue weighted by Gasteiger charge is -2.25. The zero-order valence-electron chi connectivity index (χ0n) is 23.2. The van der Waals surface area contributed by atoms with Gasteiger partial charge in [0.25, 0.3) is 0 Å². The first kappa shape index (κ1) is 31.1. The number of hydrogen-bond donors (Lipinski definition) is 1. The number of carbonyl (C=O) groups excluding carboxylic acids is 4. The van der Waals surface area contributed by atoms with E-state index in [1.165, 1.54) is 12.1 Å². The van der Waals surface area contributed by atoms with E-state index >= 15 is 0 Å². The van der Waals surface area contributed by atoms with Crippen molar-refractivity contribution in [2.24, 2.45) is 17.6 Å². The van der Waals surface area contributed by atoms with Crippen LogP contribution in [-0.4, -0.2) is 48.4 Å². The molecule has 1 aromatic rings. The van der Waals surface area contributed by atoms with Crippen LogP contribution in [0.2, 0.25) is 0 Å². The molecule has 1 aromatic carbocycles. The first-order valence-electron chi connectivity index (χ1n) is 13.3. The van der Waals surface area contributed by atoms with E-state index < -0.39 is 48.2 Å². The number of nitrogens with two attached hydrogens (primary N) is 1. The second-order valence-corrected chi connectivity index (χ2v) is 10.3. The van der Waals surface area contributed by atoms with Crippen LogP contribution in [0.5, 0.6) is 11.5 Å². The van der Waals surface area contributed by atoms with Gasteiger partial charge in [0.1, 0.15) is 24.4 Å².